The van der Waals surface area contributed by atoms with Crippen LogP contribution in [0.3, 0.4) is 0 Å². The van der Waals surface area contributed by atoms with Crippen LogP contribution in [0, 0.1) is 0 Å². The fraction of sp³-hybridized carbons (Fsp3) is 0. The minimum Gasteiger partial charge on any atom is -0.456 e. The van der Waals surface area contributed by atoms with E-state index in [2.05, 4.69) is 301 Å². The molecule has 15 aromatic rings. The van der Waals surface area contributed by atoms with Gasteiger partial charge in [0.05, 0.1) is 11.4 Å². The molecule has 0 aliphatic rings. The lowest BCUT2D eigenvalue weighted by molar-refractivity contribution is 0.664. The molecule has 0 unspecified atom stereocenters. The predicted molar refractivity (Wildman–Crippen MR) is 327 cm³/mol. The van der Waals surface area contributed by atoms with E-state index in [1.165, 1.54) is 22.3 Å². The van der Waals surface area contributed by atoms with Crippen LogP contribution in [0.25, 0.3) is 110 Å². The number of hydrogen-bond donors (Lipinski definition) is 0. The summed E-state index contributed by atoms with van der Waals surface area (Å²) in [6.07, 6.45) is 0. The molecule has 0 saturated heterocycles. The lowest BCUT2D eigenvalue weighted by Crippen LogP contribution is -2.11. The molecule has 0 saturated carbocycles. The highest BCUT2D eigenvalue weighted by Gasteiger charge is 2.22. The van der Waals surface area contributed by atoms with Gasteiger partial charge in [-0.2, -0.15) is 0 Å². The first-order valence-electron chi connectivity index (χ1n) is 26.5. The van der Waals surface area contributed by atoms with E-state index in [0.717, 1.165) is 122 Å². The zero-order valence-electron chi connectivity index (χ0n) is 42.4. The average molecular weight is 997 g/mol. The third kappa shape index (κ3) is 7.94. The van der Waals surface area contributed by atoms with E-state index in [1.807, 2.05) is 0 Å². The second kappa shape index (κ2) is 18.7. The fourth-order valence-electron chi connectivity index (χ4n) is 11.6. The third-order valence-corrected chi connectivity index (χ3v) is 15.4. The highest BCUT2D eigenvalue weighted by Crippen LogP contribution is 2.47. The van der Waals surface area contributed by atoms with Gasteiger partial charge in [-0.15, -0.1) is 0 Å². The number of fused-ring (bicyclic) bond motifs is 8. The highest BCUT2D eigenvalue weighted by molar-refractivity contribution is 6.18. The van der Waals surface area contributed by atoms with Crippen molar-refractivity contribution in [2.45, 2.75) is 0 Å². The Balaban J connectivity index is 0.818. The second-order valence-electron chi connectivity index (χ2n) is 20.1. The van der Waals surface area contributed by atoms with Crippen molar-refractivity contribution in [3.8, 4) is 44.5 Å². The number of nitrogens with zero attached hydrogens (tertiary/aromatic N) is 2. The Hall–Kier alpha value is -10.4. The third-order valence-electron chi connectivity index (χ3n) is 15.4. The van der Waals surface area contributed by atoms with Crippen molar-refractivity contribution in [1.82, 2.24) is 0 Å². The molecule has 0 radical (unpaired) electrons. The lowest BCUT2D eigenvalue weighted by atomic mass is 9.96. The van der Waals surface area contributed by atoms with Gasteiger partial charge < -0.3 is 18.6 Å². The summed E-state index contributed by atoms with van der Waals surface area (Å²) in [5.41, 5.74) is 19.1. The number of anilines is 6. The molecule has 15 rings (SSSR count). The van der Waals surface area contributed by atoms with Gasteiger partial charge in [-0.25, -0.2) is 0 Å². The summed E-state index contributed by atoms with van der Waals surface area (Å²) in [4.78, 5) is 4.74. The quantitative estimate of drug-likeness (QED) is 0.137. The van der Waals surface area contributed by atoms with Gasteiger partial charge in [-0.05, 0) is 164 Å². The number of hydrogen-bond acceptors (Lipinski definition) is 4. The summed E-state index contributed by atoms with van der Waals surface area (Å²) >= 11 is 0. The molecular weight excluding hydrogens is 949 g/mol. The summed E-state index contributed by atoms with van der Waals surface area (Å²) in [5.74, 6) is 0. The minimum atomic E-state index is 0.828. The van der Waals surface area contributed by atoms with Crippen LogP contribution in [0.4, 0.5) is 34.1 Å². The van der Waals surface area contributed by atoms with Crippen LogP contribution in [0.5, 0.6) is 0 Å². The summed E-state index contributed by atoms with van der Waals surface area (Å²) in [6.45, 7) is 0. The van der Waals surface area contributed by atoms with Crippen LogP contribution in [0.2, 0.25) is 0 Å². The van der Waals surface area contributed by atoms with Crippen molar-refractivity contribution >= 4 is 99.5 Å². The highest BCUT2D eigenvalue weighted by atomic mass is 16.3. The molecule has 0 fully saturated rings. The van der Waals surface area contributed by atoms with E-state index >= 15 is 0 Å². The summed E-state index contributed by atoms with van der Waals surface area (Å²) in [6, 6.07) is 104. The molecular formula is C74H48N2O2. The van der Waals surface area contributed by atoms with Gasteiger partial charge >= 0.3 is 0 Å². The molecule has 13 aromatic carbocycles. The lowest BCUT2D eigenvalue weighted by Gasteiger charge is -2.28. The maximum Gasteiger partial charge on any atom is 0.136 e. The van der Waals surface area contributed by atoms with Crippen molar-refractivity contribution in [2.24, 2.45) is 0 Å². The van der Waals surface area contributed by atoms with Gasteiger partial charge in [0.25, 0.3) is 0 Å². The molecule has 2 aromatic heterocycles. The molecule has 0 atom stereocenters. The first-order chi connectivity index (χ1) is 38.6. The Morgan fingerprint density at radius 2 is 0.538 bits per heavy atom. The zero-order chi connectivity index (χ0) is 51.5. The van der Waals surface area contributed by atoms with Crippen molar-refractivity contribution < 1.29 is 8.83 Å². The van der Waals surface area contributed by atoms with Crippen LogP contribution in [0.1, 0.15) is 0 Å². The largest absolute Gasteiger partial charge is 0.456 e. The minimum absolute atomic E-state index is 0.828. The molecule has 0 aliphatic carbocycles. The van der Waals surface area contributed by atoms with E-state index in [0.29, 0.717) is 0 Å². The topological polar surface area (TPSA) is 32.8 Å². The number of para-hydroxylation sites is 2. The summed E-state index contributed by atoms with van der Waals surface area (Å²) in [5, 5.41) is 8.60. The van der Waals surface area contributed by atoms with Crippen LogP contribution in [-0.4, -0.2) is 0 Å². The molecule has 0 bridgehead atoms. The number of rotatable bonds is 10. The Morgan fingerprint density at radius 1 is 0.205 bits per heavy atom. The molecule has 0 amide bonds. The first kappa shape index (κ1) is 45.0. The molecule has 2 heterocycles. The average Bonchev–Trinajstić information content (AvgIpc) is 4.05. The van der Waals surface area contributed by atoms with Crippen LogP contribution >= 0.6 is 0 Å². The standard InChI is InChI=1S/C74H48N2O2/c1-7-19-49(20-8-1)53-33-37-69(63(41-53)51-23-11-3-12-24-51)75(59-27-15-5-16-28-59)61-35-31-55-43-65-67-47-74-68(48-73(67)77-71(65)45-57(55)39-61)66-44-56-32-36-62(40-58(56)46-72(66)78-74)76(60-29-17-6-18-30-60)70-38-34-54(50-21-9-2-10-22-50)42-64(70)52-25-13-4-14-26-52/h1-48H. The van der Waals surface area contributed by atoms with Gasteiger partial charge in [0.2, 0.25) is 0 Å². The van der Waals surface area contributed by atoms with Crippen molar-refractivity contribution in [1.29, 1.82) is 0 Å². The predicted octanol–water partition coefficient (Wildman–Crippen LogP) is 21.4. The van der Waals surface area contributed by atoms with E-state index < -0.39 is 0 Å². The zero-order valence-corrected chi connectivity index (χ0v) is 42.4. The molecule has 0 aliphatic heterocycles. The smallest absolute Gasteiger partial charge is 0.136 e. The Kier molecular flexibility index (Phi) is 10.8. The summed E-state index contributed by atoms with van der Waals surface area (Å²) in [7, 11) is 0. The molecule has 0 N–H and O–H groups in total. The molecule has 78 heavy (non-hydrogen) atoms. The van der Waals surface area contributed by atoms with E-state index in [9.17, 15) is 0 Å². The van der Waals surface area contributed by atoms with E-state index in [1.54, 1.807) is 0 Å². The Bertz CT molecular complexity index is 4400. The molecule has 0 spiro atoms. The van der Waals surface area contributed by atoms with Gasteiger partial charge in [-0.1, -0.05) is 182 Å². The number of benzene rings is 13. The molecule has 4 heteroatoms. The first-order valence-corrected chi connectivity index (χ1v) is 26.5. The van der Waals surface area contributed by atoms with Crippen LogP contribution in [0.15, 0.2) is 300 Å². The maximum absolute atomic E-state index is 6.82. The van der Waals surface area contributed by atoms with Crippen LogP contribution < -0.4 is 9.80 Å². The van der Waals surface area contributed by atoms with Crippen molar-refractivity contribution in [3.05, 3.63) is 291 Å². The monoisotopic (exact) mass is 996 g/mol. The summed E-state index contributed by atoms with van der Waals surface area (Å²) < 4.78 is 13.6. The number of furan rings is 2. The fourth-order valence-corrected chi connectivity index (χ4v) is 11.6. The van der Waals surface area contributed by atoms with Crippen molar-refractivity contribution in [3.63, 3.8) is 0 Å². The van der Waals surface area contributed by atoms with E-state index in [4.69, 9.17) is 8.83 Å². The molecule has 366 valence electrons. The van der Waals surface area contributed by atoms with Gasteiger partial charge in [0, 0.05) is 55.4 Å². The van der Waals surface area contributed by atoms with Gasteiger partial charge in [0.1, 0.15) is 22.3 Å². The maximum atomic E-state index is 6.82. The Labute approximate surface area is 451 Å². The van der Waals surface area contributed by atoms with Crippen molar-refractivity contribution in [2.75, 3.05) is 9.80 Å². The Morgan fingerprint density at radius 3 is 0.923 bits per heavy atom. The second-order valence-corrected chi connectivity index (χ2v) is 20.1. The normalized spacial score (nSPS) is 11.6. The SMILES string of the molecule is c1ccc(-c2ccc(N(c3ccccc3)c3ccc4cc5c(cc4c3)oc3cc4c(cc35)oc3cc5cc(N(c6ccccc6)c6ccc(-c7ccccc7)cc6-c6ccccc6)ccc5cc34)c(-c3ccccc3)c2)cc1. The van der Waals surface area contributed by atoms with Gasteiger partial charge in [-0.3, -0.25) is 0 Å². The molecule has 4 nitrogen and oxygen atoms in total. The van der Waals surface area contributed by atoms with Crippen LogP contribution in [-0.2, 0) is 0 Å². The van der Waals surface area contributed by atoms with Gasteiger partial charge in [0.15, 0.2) is 0 Å². The van der Waals surface area contributed by atoms with E-state index in [-0.39, 0.29) is 0 Å².